The van der Waals surface area contributed by atoms with Crippen LogP contribution in [-0.4, -0.2) is 30.7 Å². The number of rotatable bonds is 8. The first kappa shape index (κ1) is 20.8. The molecule has 0 saturated heterocycles. The number of benzene rings is 2. The molecule has 0 aliphatic carbocycles. The number of aromatic nitrogens is 1. The first-order chi connectivity index (χ1) is 13.9. The summed E-state index contributed by atoms with van der Waals surface area (Å²) in [5.74, 6) is 0.862. The lowest BCUT2D eigenvalue weighted by Crippen LogP contribution is -2.37. The molecule has 0 unspecified atom stereocenters. The van der Waals surface area contributed by atoms with Gasteiger partial charge in [-0.05, 0) is 47.6 Å². The maximum absolute atomic E-state index is 11.9. The Bertz CT molecular complexity index is 923. The molecule has 0 saturated carbocycles. The van der Waals surface area contributed by atoms with Crippen LogP contribution in [0, 0.1) is 0 Å². The summed E-state index contributed by atoms with van der Waals surface area (Å²) in [5, 5.41) is 7.00. The number of H-pyrrole nitrogens is 1. The lowest BCUT2D eigenvalue weighted by atomic mass is 9.87. The van der Waals surface area contributed by atoms with Gasteiger partial charge in [-0.2, -0.15) is 0 Å². The van der Waals surface area contributed by atoms with E-state index in [0.29, 0.717) is 19.7 Å². The maximum atomic E-state index is 11.9. The molecule has 3 N–H and O–H groups in total. The van der Waals surface area contributed by atoms with Gasteiger partial charge in [-0.15, -0.1) is 0 Å². The summed E-state index contributed by atoms with van der Waals surface area (Å²) >= 11 is 0. The van der Waals surface area contributed by atoms with E-state index >= 15 is 0 Å². The highest BCUT2D eigenvalue weighted by Gasteiger charge is 2.12. The normalized spacial score (nSPS) is 11.4. The van der Waals surface area contributed by atoms with Crippen LogP contribution in [0.25, 0.3) is 10.9 Å². The lowest BCUT2D eigenvalue weighted by Gasteiger charge is -2.19. The van der Waals surface area contributed by atoms with Crippen LogP contribution in [0.15, 0.2) is 54.7 Å². The fourth-order valence-corrected chi connectivity index (χ4v) is 3.23. The number of aromatic amines is 1. The van der Waals surface area contributed by atoms with Crippen molar-refractivity contribution in [1.29, 1.82) is 0 Å². The van der Waals surface area contributed by atoms with Crippen LogP contribution in [0.4, 0.5) is 4.79 Å². The van der Waals surface area contributed by atoms with Crippen molar-refractivity contribution in [1.82, 2.24) is 15.6 Å². The number of hydrogen-bond acceptors (Lipinski definition) is 2. The van der Waals surface area contributed by atoms with E-state index in [9.17, 15) is 4.79 Å². The Labute approximate surface area is 172 Å². The third-order valence-electron chi connectivity index (χ3n) is 4.95. The number of para-hydroxylation sites is 1. The summed E-state index contributed by atoms with van der Waals surface area (Å²) in [6.07, 6.45) is 3.57. The third-order valence-corrected chi connectivity index (χ3v) is 4.95. The quantitative estimate of drug-likeness (QED) is 0.482. The van der Waals surface area contributed by atoms with Gasteiger partial charge in [0.15, 0.2) is 0 Å². The first-order valence-corrected chi connectivity index (χ1v) is 10.2. The molecule has 0 bridgehead atoms. The number of ether oxygens (including phenoxy) is 1. The van der Waals surface area contributed by atoms with Crippen molar-refractivity contribution in [2.24, 2.45) is 0 Å². The predicted molar refractivity (Wildman–Crippen MR) is 119 cm³/mol. The molecular formula is C24H31N3O2. The molecule has 154 valence electrons. The molecule has 1 heterocycles. The summed E-state index contributed by atoms with van der Waals surface area (Å²) in [6.45, 7) is 8.34. The maximum Gasteiger partial charge on any atom is 0.314 e. The van der Waals surface area contributed by atoms with E-state index < -0.39 is 0 Å². The Morgan fingerprint density at radius 3 is 2.48 bits per heavy atom. The average Bonchev–Trinajstić information content (AvgIpc) is 3.11. The van der Waals surface area contributed by atoms with Crippen LogP contribution >= 0.6 is 0 Å². The third kappa shape index (κ3) is 6.01. The van der Waals surface area contributed by atoms with Crippen LogP contribution < -0.4 is 15.4 Å². The highest BCUT2D eigenvalue weighted by molar-refractivity contribution is 5.83. The second-order valence-corrected chi connectivity index (χ2v) is 8.27. The molecule has 29 heavy (non-hydrogen) atoms. The zero-order valence-corrected chi connectivity index (χ0v) is 17.5. The Morgan fingerprint density at radius 1 is 1.00 bits per heavy atom. The minimum Gasteiger partial charge on any atom is -0.494 e. The number of nitrogens with one attached hydrogen (secondary N) is 3. The number of carbonyl (C=O) groups is 1. The second-order valence-electron chi connectivity index (χ2n) is 8.27. The van der Waals surface area contributed by atoms with Gasteiger partial charge in [-0.3, -0.25) is 0 Å². The van der Waals surface area contributed by atoms with Crippen molar-refractivity contribution in [3.8, 4) is 5.75 Å². The van der Waals surface area contributed by atoms with Crippen LogP contribution in [0.3, 0.4) is 0 Å². The molecular weight excluding hydrogens is 362 g/mol. The molecule has 1 aromatic heterocycles. The molecule has 0 spiro atoms. The van der Waals surface area contributed by atoms with Gasteiger partial charge >= 0.3 is 6.03 Å². The van der Waals surface area contributed by atoms with E-state index in [2.05, 4.69) is 60.7 Å². The van der Waals surface area contributed by atoms with Crippen LogP contribution in [0.2, 0.25) is 0 Å². The monoisotopic (exact) mass is 393 g/mol. The van der Waals surface area contributed by atoms with Crippen LogP contribution in [0.1, 0.15) is 38.3 Å². The van der Waals surface area contributed by atoms with Crippen molar-refractivity contribution >= 4 is 16.9 Å². The summed E-state index contributed by atoms with van der Waals surface area (Å²) in [5.41, 5.74) is 3.77. The fraction of sp³-hybridized carbons (Fsp3) is 0.375. The Balaban J connectivity index is 1.29. The summed E-state index contributed by atoms with van der Waals surface area (Å²) in [6, 6.07) is 16.3. The van der Waals surface area contributed by atoms with E-state index in [-0.39, 0.29) is 11.4 Å². The number of urea groups is 1. The zero-order valence-electron chi connectivity index (χ0n) is 17.5. The molecule has 0 aliphatic heterocycles. The van der Waals surface area contributed by atoms with Gasteiger partial charge < -0.3 is 20.4 Å². The molecule has 3 aromatic rings. The van der Waals surface area contributed by atoms with E-state index in [1.165, 1.54) is 16.5 Å². The van der Waals surface area contributed by atoms with Gasteiger partial charge in [0.1, 0.15) is 5.75 Å². The van der Waals surface area contributed by atoms with E-state index in [4.69, 9.17) is 4.74 Å². The highest BCUT2D eigenvalue weighted by atomic mass is 16.5. The molecule has 0 radical (unpaired) electrons. The first-order valence-electron chi connectivity index (χ1n) is 10.2. The highest BCUT2D eigenvalue weighted by Crippen LogP contribution is 2.24. The molecule has 0 aliphatic rings. The van der Waals surface area contributed by atoms with Gasteiger partial charge in [0.2, 0.25) is 0 Å². The zero-order chi connectivity index (χ0) is 20.7. The second kappa shape index (κ2) is 9.50. The van der Waals surface area contributed by atoms with E-state index in [1.54, 1.807) is 0 Å². The molecule has 3 rings (SSSR count). The predicted octanol–water partition coefficient (Wildman–Crippen LogP) is 4.78. The van der Waals surface area contributed by atoms with E-state index in [0.717, 1.165) is 24.1 Å². The van der Waals surface area contributed by atoms with Gasteiger partial charge in [0, 0.05) is 30.2 Å². The van der Waals surface area contributed by atoms with Gasteiger partial charge in [-0.25, -0.2) is 4.79 Å². The molecule has 2 amide bonds. The van der Waals surface area contributed by atoms with E-state index in [1.807, 2.05) is 30.5 Å². The number of carbonyl (C=O) groups excluding carboxylic acids is 1. The minimum atomic E-state index is -0.139. The Kier molecular flexibility index (Phi) is 6.81. The largest absolute Gasteiger partial charge is 0.494 e. The van der Waals surface area contributed by atoms with Crippen molar-refractivity contribution < 1.29 is 9.53 Å². The summed E-state index contributed by atoms with van der Waals surface area (Å²) in [4.78, 5) is 15.2. The van der Waals surface area contributed by atoms with Crippen LogP contribution in [-0.2, 0) is 11.8 Å². The fourth-order valence-electron chi connectivity index (χ4n) is 3.23. The average molecular weight is 394 g/mol. The standard InChI is InChI=1S/C24H31N3O2/c1-24(2,3)19-9-11-20(12-10-19)29-16-6-14-25-23(28)26-15-13-18-17-27-22-8-5-4-7-21(18)22/h4-5,7-12,17,27H,6,13-16H2,1-3H3,(H2,25,26,28). The lowest BCUT2D eigenvalue weighted by molar-refractivity contribution is 0.239. The van der Waals surface area contributed by atoms with Gasteiger partial charge in [0.25, 0.3) is 0 Å². The summed E-state index contributed by atoms with van der Waals surface area (Å²) in [7, 11) is 0. The smallest absolute Gasteiger partial charge is 0.314 e. The molecule has 0 atom stereocenters. The number of amides is 2. The van der Waals surface area contributed by atoms with Crippen LogP contribution in [0.5, 0.6) is 5.75 Å². The molecule has 5 heteroatoms. The molecule has 2 aromatic carbocycles. The van der Waals surface area contributed by atoms with Crippen molar-refractivity contribution in [3.05, 3.63) is 65.9 Å². The minimum absolute atomic E-state index is 0.139. The molecule has 5 nitrogen and oxygen atoms in total. The van der Waals surface area contributed by atoms with Gasteiger partial charge in [0.05, 0.1) is 6.61 Å². The summed E-state index contributed by atoms with van der Waals surface area (Å²) < 4.78 is 5.75. The molecule has 0 fully saturated rings. The van der Waals surface area contributed by atoms with Crippen molar-refractivity contribution in [3.63, 3.8) is 0 Å². The number of fused-ring (bicyclic) bond motifs is 1. The topological polar surface area (TPSA) is 66.2 Å². The van der Waals surface area contributed by atoms with Crippen molar-refractivity contribution in [2.75, 3.05) is 19.7 Å². The number of hydrogen-bond donors (Lipinski definition) is 3. The Hall–Kier alpha value is -2.95. The van der Waals surface area contributed by atoms with Gasteiger partial charge in [-0.1, -0.05) is 51.1 Å². The Morgan fingerprint density at radius 2 is 1.72 bits per heavy atom. The van der Waals surface area contributed by atoms with Crippen molar-refractivity contribution in [2.45, 2.75) is 39.0 Å². The SMILES string of the molecule is CC(C)(C)c1ccc(OCCCNC(=O)NCCc2c[nH]c3ccccc23)cc1.